The lowest BCUT2D eigenvalue weighted by Crippen LogP contribution is -2.35. The number of rotatable bonds is 2. The Hall–Kier alpha value is -1.06. The fourth-order valence-corrected chi connectivity index (χ4v) is 4.05. The zero-order chi connectivity index (χ0) is 14.3. The summed E-state index contributed by atoms with van der Waals surface area (Å²) in [5.74, 6) is 1.12. The van der Waals surface area contributed by atoms with E-state index in [1.54, 1.807) is 0 Å². The normalized spacial score (nSPS) is 30.7. The van der Waals surface area contributed by atoms with Gasteiger partial charge in [0.1, 0.15) is 5.75 Å². The highest BCUT2D eigenvalue weighted by Crippen LogP contribution is 2.39. The largest absolute Gasteiger partial charge is 0.508 e. The van der Waals surface area contributed by atoms with E-state index in [1.165, 1.54) is 30.5 Å². The van der Waals surface area contributed by atoms with Crippen molar-refractivity contribution in [2.24, 2.45) is 5.92 Å². The first-order chi connectivity index (χ1) is 9.56. The predicted molar refractivity (Wildman–Crippen MR) is 82.0 cm³/mol. The average molecular weight is 274 g/mol. The molecule has 1 fully saturated rings. The Bertz CT molecular complexity index is 486. The number of aryl methyl sites for hydroxylation is 1. The molecule has 1 N–H and O–H groups in total. The molecule has 2 aliphatic rings. The van der Waals surface area contributed by atoms with Crippen molar-refractivity contribution in [3.63, 3.8) is 0 Å². The third-order valence-electron chi connectivity index (χ3n) is 5.12. The summed E-state index contributed by atoms with van der Waals surface area (Å²) in [6.07, 6.45) is 3.65. The molecule has 1 aliphatic heterocycles. The molecule has 3 nitrogen and oxygen atoms in total. The molecule has 1 saturated heterocycles. The third kappa shape index (κ3) is 2.45. The molecule has 0 spiro atoms. The zero-order valence-electron chi connectivity index (χ0n) is 12.8. The van der Waals surface area contributed by atoms with Crippen LogP contribution in [-0.2, 0) is 6.42 Å². The van der Waals surface area contributed by atoms with Crippen LogP contribution < -0.4 is 0 Å². The first-order valence-corrected chi connectivity index (χ1v) is 7.78. The maximum Gasteiger partial charge on any atom is 0.115 e. The zero-order valence-corrected chi connectivity index (χ0v) is 12.8. The minimum Gasteiger partial charge on any atom is -0.508 e. The van der Waals surface area contributed by atoms with Crippen molar-refractivity contribution >= 4 is 0 Å². The van der Waals surface area contributed by atoms with Gasteiger partial charge in [0.05, 0.1) is 0 Å². The van der Waals surface area contributed by atoms with Gasteiger partial charge in [0.2, 0.25) is 0 Å². The lowest BCUT2D eigenvalue weighted by atomic mass is 9.86. The van der Waals surface area contributed by atoms with Gasteiger partial charge in [-0.1, -0.05) is 13.0 Å². The lowest BCUT2D eigenvalue weighted by molar-refractivity contribution is 0.199. The van der Waals surface area contributed by atoms with Crippen molar-refractivity contribution in [1.82, 2.24) is 9.80 Å². The van der Waals surface area contributed by atoms with Crippen LogP contribution in [0.4, 0.5) is 0 Å². The van der Waals surface area contributed by atoms with Crippen molar-refractivity contribution in [2.75, 3.05) is 27.2 Å². The quantitative estimate of drug-likeness (QED) is 0.898. The molecule has 0 amide bonds. The number of benzene rings is 1. The van der Waals surface area contributed by atoms with Crippen LogP contribution >= 0.6 is 0 Å². The Morgan fingerprint density at radius 3 is 2.75 bits per heavy atom. The highest BCUT2D eigenvalue weighted by atomic mass is 16.3. The van der Waals surface area contributed by atoms with Crippen LogP contribution in [0.15, 0.2) is 18.2 Å². The highest BCUT2D eigenvalue weighted by Gasteiger charge is 2.36. The Balaban J connectivity index is 1.85. The molecule has 20 heavy (non-hydrogen) atoms. The monoisotopic (exact) mass is 274 g/mol. The first-order valence-electron chi connectivity index (χ1n) is 7.78. The van der Waals surface area contributed by atoms with Gasteiger partial charge in [0, 0.05) is 25.2 Å². The van der Waals surface area contributed by atoms with Crippen molar-refractivity contribution < 1.29 is 5.11 Å². The van der Waals surface area contributed by atoms with Crippen LogP contribution in [0.2, 0.25) is 0 Å². The molecule has 3 unspecified atom stereocenters. The van der Waals surface area contributed by atoms with Crippen LogP contribution in [0, 0.1) is 5.92 Å². The number of aromatic hydroxyl groups is 1. The van der Waals surface area contributed by atoms with E-state index in [-0.39, 0.29) is 0 Å². The molecule has 0 aromatic heterocycles. The van der Waals surface area contributed by atoms with Gasteiger partial charge in [-0.3, -0.25) is 4.90 Å². The Morgan fingerprint density at radius 1 is 1.25 bits per heavy atom. The smallest absolute Gasteiger partial charge is 0.115 e. The Kier molecular flexibility index (Phi) is 3.74. The first kappa shape index (κ1) is 13.9. The molecule has 1 aromatic carbocycles. The van der Waals surface area contributed by atoms with Crippen LogP contribution in [-0.4, -0.2) is 48.1 Å². The van der Waals surface area contributed by atoms with Crippen LogP contribution in [0.1, 0.15) is 36.9 Å². The molecule has 0 saturated carbocycles. The fourth-order valence-electron chi connectivity index (χ4n) is 4.05. The van der Waals surface area contributed by atoms with Gasteiger partial charge in [-0.2, -0.15) is 0 Å². The van der Waals surface area contributed by atoms with Crippen LogP contribution in [0.5, 0.6) is 5.75 Å². The predicted octanol–water partition coefficient (Wildman–Crippen LogP) is 2.65. The summed E-state index contributed by atoms with van der Waals surface area (Å²) >= 11 is 0. The van der Waals surface area contributed by atoms with Gasteiger partial charge < -0.3 is 10.0 Å². The highest BCUT2D eigenvalue weighted by molar-refractivity contribution is 5.38. The summed E-state index contributed by atoms with van der Waals surface area (Å²) < 4.78 is 0. The number of phenols is 1. The SMILES string of the molecule is CC1CN(C2CCCc3ccc(O)cc32)CC1N(C)C. The van der Waals surface area contributed by atoms with Crippen LogP contribution in [0.3, 0.4) is 0 Å². The van der Waals surface area contributed by atoms with Crippen molar-refractivity contribution in [1.29, 1.82) is 0 Å². The van der Waals surface area contributed by atoms with Crippen molar-refractivity contribution in [3.8, 4) is 5.75 Å². The number of likely N-dealkylation sites (N-methyl/N-ethyl adjacent to an activating group) is 1. The molecule has 3 rings (SSSR count). The maximum absolute atomic E-state index is 9.81. The summed E-state index contributed by atoms with van der Waals surface area (Å²) in [5.41, 5.74) is 2.79. The standard InChI is InChI=1S/C17H26N2O/c1-12-10-19(11-17(12)18(2)3)16-6-4-5-13-7-8-14(20)9-15(13)16/h7-9,12,16-17,20H,4-6,10-11H2,1-3H3. The maximum atomic E-state index is 9.81. The van der Waals surface area contributed by atoms with Crippen molar-refractivity contribution in [3.05, 3.63) is 29.3 Å². The second-order valence-corrected chi connectivity index (χ2v) is 6.75. The number of phenolic OH excluding ortho intramolecular Hbond substituents is 1. The van der Waals surface area contributed by atoms with E-state index in [4.69, 9.17) is 0 Å². The Labute approximate surface area is 122 Å². The van der Waals surface area contributed by atoms with Gasteiger partial charge in [-0.05, 0) is 62.5 Å². The summed E-state index contributed by atoms with van der Waals surface area (Å²) in [7, 11) is 4.37. The summed E-state index contributed by atoms with van der Waals surface area (Å²) in [4.78, 5) is 4.99. The lowest BCUT2D eigenvalue weighted by Gasteiger charge is -2.33. The van der Waals surface area contributed by atoms with E-state index < -0.39 is 0 Å². The second-order valence-electron chi connectivity index (χ2n) is 6.75. The minimum absolute atomic E-state index is 0.409. The minimum atomic E-state index is 0.409. The molecular formula is C17H26N2O. The summed E-state index contributed by atoms with van der Waals surface area (Å²) in [6, 6.07) is 7.08. The fraction of sp³-hybridized carbons (Fsp3) is 0.647. The number of hydrogen-bond acceptors (Lipinski definition) is 3. The third-order valence-corrected chi connectivity index (χ3v) is 5.12. The average Bonchev–Trinajstić information content (AvgIpc) is 2.80. The molecule has 3 heteroatoms. The summed E-state index contributed by atoms with van der Waals surface area (Å²) in [6.45, 7) is 4.67. The number of fused-ring (bicyclic) bond motifs is 1. The molecule has 110 valence electrons. The molecule has 1 aromatic rings. The van der Waals surface area contributed by atoms with Crippen molar-refractivity contribution in [2.45, 2.75) is 38.3 Å². The second kappa shape index (κ2) is 5.38. The number of nitrogens with zero attached hydrogens (tertiary/aromatic N) is 2. The molecule has 1 aliphatic carbocycles. The summed E-state index contributed by atoms with van der Waals surface area (Å²) in [5, 5.41) is 9.81. The van der Waals surface area contributed by atoms with Crippen LogP contribution in [0.25, 0.3) is 0 Å². The number of hydrogen-bond donors (Lipinski definition) is 1. The number of likely N-dealkylation sites (tertiary alicyclic amines) is 1. The topological polar surface area (TPSA) is 26.7 Å². The molecule has 1 heterocycles. The van der Waals surface area contributed by atoms with E-state index in [0.717, 1.165) is 13.0 Å². The molecule has 0 radical (unpaired) electrons. The van der Waals surface area contributed by atoms with Gasteiger partial charge >= 0.3 is 0 Å². The van der Waals surface area contributed by atoms with Gasteiger partial charge in [0.25, 0.3) is 0 Å². The van der Waals surface area contributed by atoms with E-state index in [9.17, 15) is 5.11 Å². The molecule has 0 bridgehead atoms. The van der Waals surface area contributed by atoms with Gasteiger partial charge in [-0.25, -0.2) is 0 Å². The molecular weight excluding hydrogens is 248 g/mol. The van der Waals surface area contributed by atoms with E-state index in [2.05, 4.69) is 36.9 Å². The Morgan fingerprint density at radius 2 is 2.05 bits per heavy atom. The molecule has 3 atom stereocenters. The van der Waals surface area contributed by atoms with Gasteiger partial charge in [0.15, 0.2) is 0 Å². The van der Waals surface area contributed by atoms with E-state index in [0.29, 0.717) is 23.8 Å². The van der Waals surface area contributed by atoms with E-state index in [1.807, 2.05) is 12.1 Å². The van der Waals surface area contributed by atoms with Gasteiger partial charge in [-0.15, -0.1) is 0 Å². The van der Waals surface area contributed by atoms with E-state index >= 15 is 0 Å².